The number of hydrogen-bond acceptors (Lipinski definition) is 6. The molecule has 1 N–H and O–H groups in total. The summed E-state index contributed by atoms with van der Waals surface area (Å²) >= 11 is 0. The van der Waals surface area contributed by atoms with Gasteiger partial charge in [0.05, 0.1) is 18.5 Å². The van der Waals surface area contributed by atoms with Crippen LogP contribution in [0, 0.1) is 5.82 Å². The van der Waals surface area contributed by atoms with Gasteiger partial charge >= 0.3 is 0 Å². The molecule has 2 heterocycles. The summed E-state index contributed by atoms with van der Waals surface area (Å²) in [6.07, 6.45) is 2.81. The molecule has 0 aliphatic rings. The first-order valence-electron chi connectivity index (χ1n) is 6.62. The third-order valence-electron chi connectivity index (χ3n) is 3.10. The summed E-state index contributed by atoms with van der Waals surface area (Å²) in [5, 5.41) is 3.12. The van der Waals surface area contributed by atoms with Crippen LogP contribution in [-0.4, -0.2) is 49.6 Å². The average molecular weight is 293 g/mol. The van der Waals surface area contributed by atoms with Crippen molar-refractivity contribution < 1.29 is 8.81 Å². The summed E-state index contributed by atoms with van der Waals surface area (Å²) in [6, 6.07) is 3.81. The van der Waals surface area contributed by atoms with Crippen LogP contribution in [0.4, 0.5) is 16.2 Å². The number of rotatable bonds is 6. The van der Waals surface area contributed by atoms with Crippen molar-refractivity contribution in [2.24, 2.45) is 0 Å². The molecule has 0 aliphatic carbocycles. The molecule has 2 rings (SSSR count). The van der Waals surface area contributed by atoms with Crippen LogP contribution in [0.3, 0.4) is 0 Å². The topological polar surface area (TPSA) is 57.4 Å². The Morgan fingerprint density at radius 1 is 1.33 bits per heavy atom. The molecule has 6 nitrogen and oxygen atoms in total. The van der Waals surface area contributed by atoms with Crippen LogP contribution in [0.2, 0.25) is 0 Å². The van der Waals surface area contributed by atoms with Gasteiger partial charge in [-0.2, -0.15) is 4.98 Å². The Labute approximate surface area is 123 Å². The highest BCUT2D eigenvalue weighted by Crippen LogP contribution is 2.20. The minimum atomic E-state index is -0.444. The molecule has 0 aromatic carbocycles. The number of anilines is 2. The lowest BCUT2D eigenvalue weighted by Gasteiger charge is -2.22. The van der Waals surface area contributed by atoms with Gasteiger partial charge in [0.15, 0.2) is 11.6 Å². The summed E-state index contributed by atoms with van der Waals surface area (Å²) in [5.41, 5.74) is 0. The molecule has 0 saturated carbocycles. The molecule has 0 saturated heterocycles. The fourth-order valence-corrected chi connectivity index (χ4v) is 1.96. The Morgan fingerprint density at radius 2 is 2.10 bits per heavy atom. The van der Waals surface area contributed by atoms with Crippen molar-refractivity contribution in [1.29, 1.82) is 0 Å². The van der Waals surface area contributed by atoms with Crippen molar-refractivity contribution in [3.63, 3.8) is 0 Å². The molecule has 2 aromatic heterocycles. The Balaban J connectivity index is 2.09. The van der Waals surface area contributed by atoms with Crippen molar-refractivity contribution in [1.82, 2.24) is 14.9 Å². The molecular weight excluding hydrogens is 273 g/mol. The number of furan rings is 1. The Bertz CT molecular complexity index is 571. The van der Waals surface area contributed by atoms with Gasteiger partial charge in [-0.25, -0.2) is 9.37 Å². The first-order chi connectivity index (χ1) is 9.99. The van der Waals surface area contributed by atoms with Gasteiger partial charge in [0, 0.05) is 20.6 Å². The average Bonchev–Trinajstić information content (AvgIpc) is 2.94. The largest absolute Gasteiger partial charge is 0.468 e. The summed E-state index contributed by atoms with van der Waals surface area (Å²) in [7, 11) is 7.40. The van der Waals surface area contributed by atoms with Crippen LogP contribution in [0.5, 0.6) is 0 Å². The van der Waals surface area contributed by atoms with Gasteiger partial charge in [0.2, 0.25) is 5.95 Å². The van der Waals surface area contributed by atoms with E-state index in [0.717, 1.165) is 5.76 Å². The van der Waals surface area contributed by atoms with Crippen molar-refractivity contribution in [2.45, 2.75) is 6.04 Å². The maximum Gasteiger partial charge on any atom is 0.224 e. The summed E-state index contributed by atoms with van der Waals surface area (Å²) in [6.45, 7) is 0.555. The van der Waals surface area contributed by atoms with Crippen LogP contribution in [0.15, 0.2) is 29.0 Å². The van der Waals surface area contributed by atoms with E-state index in [1.54, 1.807) is 25.3 Å². The predicted molar refractivity (Wildman–Crippen MR) is 79.9 cm³/mol. The normalized spacial score (nSPS) is 12.5. The number of nitrogens with one attached hydrogen (secondary N) is 1. The molecular formula is C14H20FN5O. The first kappa shape index (κ1) is 15.2. The number of nitrogens with zero attached hydrogens (tertiary/aromatic N) is 4. The highest BCUT2D eigenvalue weighted by Gasteiger charge is 2.17. The van der Waals surface area contributed by atoms with Crippen molar-refractivity contribution in [3.8, 4) is 0 Å². The van der Waals surface area contributed by atoms with E-state index in [2.05, 4.69) is 15.3 Å². The van der Waals surface area contributed by atoms with Crippen LogP contribution in [0.1, 0.15) is 11.8 Å². The van der Waals surface area contributed by atoms with Gasteiger partial charge in [0.25, 0.3) is 0 Å². The van der Waals surface area contributed by atoms with Crippen molar-refractivity contribution in [3.05, 3.63) is 36.2 Å². The second-order valence-corrected chi connectivity index (χ2v) is 5.14. The highest BCUT2D eigenvalue weighted by molar-refractivity contribution is 5.42. The van der Waals surface area contributed by atoms with E-state index in [-0.39, 0.29) is 11.9 Å². The summed E-state index contributed by atoms with van der Waals surface area (Å²) < 4.78 is 19.0. The molecule has 0 radical (unpaired) electrons. The van der Waals surface area contributed by atoms with Gasteiger partial charge in [0.1, 0.15) is 5.76 Å². The fraction of sp³-hybridized carbons (Fsp3) is 0.429. The van der Waals surface area contributed by atoms with Crippen LogP contribution < -0.4 is 10.2 Å². The van der Waals surface area contributed by atoms with Crippen molar-refractivity contribution >= 4 is 11.8 Å². The molecule has 0 fully saturated rings. The van der Waals surface area contributed by atoms with Crippen molar-refractivity contribution in [2.75, 3.05) is 45.0 Å². The molecule has 0 bridgehead atoms. The van der Waals surface area contributed by atoms with E-state index in [1.165, 1.54) is 6.20 Å². The number of likely N-dealkylation sites (N-methyl/N-ethyl adjacent to an activating group) is 1. The first-order valence-corrected chi connectivity index (χ1v) is 6.62. The van der Waals surface area contributed by atoms with Crippen LogP contribution in [-0.2, 0) is 0 Å². The fourth-order valence-electron chi connectivity index (χ4n) is 1.96. The zero-order valence-corrected chi connectivity index (χ0v) is 12.7. The third-order valence-corrected chi connectivity index (χ3v) is 3.10. The zero-order chi connectivity index (χ0) is 15.4. The van der Waals surface area contributed by atoms with Gasteiger partial charge in [-0.15, -0.1) is 0 Å². The second kappa shape index (κ2) is 6.53. The van der Waals surface area contributed by atoms with Gasteiger partial charge in [-0.1, -0.05) is 0 Å². The second-order valence-electron chi connectivity index (χ2n) is 5.14. The molecule has 0 amide bonds. The lowest BCUT2D eigenvalue weighted by Crippen LogP contribution is -2.27. The van der Waals surface area contributed by atoms with E-state index in [4.69, 9.17) is 4.42 Å². The molecule has 1 unspecified atom stereocenters. The molecule has 114 valence electrons. The highest BCUT2D eigenvalue weighted by atomic mass is 19.1. The number of aromatic nitrogens is 2. The van der Waals surface area contributed by atoms with Crippen LogP contribution >= 0.6 is 0 Å². The smallest absolute Gasteiger partial charge is 0.224 e. The molecule has 7 heteroatoms. The molecule has 1 atom stereocenters. The number of halogens is 1. The van der Waals surface area contributed by atoms with Gasteiger partial charge in [-0.3, -0.25) is 4.90 Å². The van der Waals surface area contributed by atoms with E-state index < -0.39 is 5.82 Å². The minimum Gasteiger partial charge on any atom is -0.468 e. The third kappa shape index (κ3) is 3.69. The lowest BCUT2D eigenvalue weighted by molar-refractivity contribution is 0.269. The Hall–Kier alpha value is -2.15. The monoisotopic (exact) mass is 293 g/mol. The lowest BCUT2D eigenvalue weighted by atomic mass is 10.2. The maximum absolute atomic E-state index is 13.6. The van der Waals surface area contributed by atoms with E-state index in [0.29, 0.717) is 12.5 Å². The number of hydrogen-bond donors (Lipinski definition) is 1. The van der Waals surface area contributed by atoms with E-state index >= 15 is 0 Å². The van der Waals surface area contributed by atoms with E-state index in [1.807, 2.05) is 31.1 Å². The Morgan fingerprint density at radius 3 is 2.67 bits per heavy atom. The summed E-state index contributed by atoms with van der Waals surface area (Å²) in [5.74, 6) is 1.05. The van der Waals surface area contributed by atoms with E-state index in [9.17, 15) is 4.39 Å². The molecule has 2 aromatic rings. The molecule has 0 aliphatic heterocycles. The van der Waals surface area contributed by atoms with Gasteiger partial charge in [-0.05, 0) is 26.2 Å². The zero-order valence-electron chi connectivity index (χ0n) is 12.7. The van der Waals surface area contributed by atoms with Gasteiger partial charge < -0.3 is 14.6 Å². The molecule has 21 heavy (non-hydrogen) atoms. The standard InChI is InChI=1S/C14H20FN5O/c1-19(2)11(12-6-5-7-21-12)9-17-14-16-8-10(15)13(18-14)20(3)4/h5-8,11H,9H2,1-4H3,(H,16,17,18). The predicted octanol–water partition coefficient (Wildman–Crippen LogP) is 1.99. The van der Waals surface area contributed by atoms with Crippen LogP contribution in [0.25, 0.3) is 0 Å². The summed E-state index contributed by atoms with van der Waals surface area (Å²) in [4.78, 5) is 11.8. The Kier molecular flexibility index (Phi) is 4.74. The minimum absolute atomic E-state index is 0.0384. The SMILES string of the molecule is CN(C)c1nc(NCC(c2ccco2)N(C)C)ncc1F. The quantitative estimate of drug-likeness (QED) is 0.879. The molecule has 0 spiro atoms. The maximum atomic E-state index is 13.6.